The van der Waals surface area contributed by atoms with Crippen LogP contribution in [-0.2, 0) is 17.6 Å². The summed E-state index contributed by atoms with van der Waals surface area (Å²) in [5.74, 6) is -0.00540. The molecule has 3 aromatic carbocycles. The van der Waals surface area contributed by atoms with Crippen molar-refractivity contribution >= 4 is 39.8 Å². The minimum Gasteiger partial charge on any atom is -0.303 e. The summed E-state index contributed by atoms with van der Waals surface area (Å²) >= 11 is 1.45. The smallest absolute Gasteiger partial charge is 0.239 e. The van der Waals surface area contributed by atoms with Crippen LogP contribution in [0.4, 0.5) is 0 Å². The summed E-state index contributed by atoms with van der Waals surface area (Å²) in [6.45, 7) is 2.20. The van der Waals surface area contributed by atoms with Gasteiger partial charge in [0.05, 0.1) is 11.5 Å². The number of hydrogen-bond donors (Lipinski definition) is 1. The Hall–Kier alpha value is -2.92. The van der Waals surface area contributed by atoms with Crippen LogP contribution in [0.2, 0.25) is 0 Å². The summed E-state index contributed by atoms with van der Waals surface area (Å²) in [6, 6.07) is 22.9. The predicted molar refractivity (Wildman–Crippen MR) is 127 cm³/mol. The molecule has 1 unspecified atom stereocenters. The zero-order valence-corrected chi connectivity index (χ0v) is 17.9. The zero-order valence-electron chi connectivity index (χ0n) is 17.0. The number of amidine groups is 1. The Kier molecular flexibility index (Phi) is 6.60. The normalized spacial score (nSPS) is 17.8. The highest BCUT2D eigenvalue weighted by Crippen LogP contribution is 2.24. The van der Waals surface area contributed by atoms with Crippen molar-refractivity contribution in [2.24, 2.45) is 10.2 Å². The van der Waals surface area contributed by atoms with Gasteiger partial charge in [0, 0.05) is 5.56 Å². The van der Waals surface area contributed by atoms with Crippen molar-refractivity contribution in [3.05, 3.63) is 83.4 Å². The Labute approximate surface area is 181 Å². The molecule has 3 aromatic rings. The maximum Gasteiger partial charge on any atom is 0.239 e. The molecule has 0 aliphatic carbocycles. The number of benzene rings is 3. The molecule has 5 heteroatoms. The lowest BCUT2D eigenvalue weighted by Crippen LogP contribution is -2.25. The summed E-state index contributed by atoms with van der Waals surface area (Å²) in [5.41, 5.74) is 3.53. The fourth-order valence-electron chi connectivity index (χ4n) is 3.53. The van der Waals surface area contributed by atoms with Crippen LogP contribution in [0.1, 0.15) is 36.5 Å². The molecule has 0 radical (unpaired) electrons. The Balaban J connectivity index is 1.39. The predicted octanol–water partition coefficient (Wildman–Crippen LogP) is 5.35. The number of aryl methyl sites for hydroxylation is 1. The summed E-state index contributed by atoms with van der Waals surface area (Å²) in [7, 11) is 0. The first-order valence-corrected chi connectivity index (χ1v) is 11.2. The lowest BCUT2D eigenvalue weighted by molar-refractivity contribution is -0.118. The van der Waals surface area contributed by atoms with Gasteiger partial charge >= 0.3 is 0 Å². The molecule has 0 bridgehead atoms. The molecule has 1 aliphatic heterocycles. The van der Waals surface area contributed by atoms with E-state index in [0.717, 1.165) is 17.4 Å². The number of carbonyl (C=O) groups is 1. The van der Waals surface area contributed by atoms with Crippen molar-refractivity contribution in [3.63, 3.8) is 0 Å². The monoisotopic (exact) mass is 415 g/mol. The van der Waals surface area contributed by atoms with Crippen molar-refractivity contribution in [1.29, 1.82) is 0 Å². The van der Waals surface area contributed by atoms with Gasteiger partial charge in [-0.3, -0.25) is 4.79 Å². The van der Waals surface area contributed by atoms with Gasteiger partial charge in [-0.2, -0.15) is 5.10 Å². The average Bonchev–Trinajstić information content (AvgIpc) is 3.12. The summed E-state index contributed by atoms with van der Waals surface area (Å²) < 4.78 is 0. The molecule has 0 spiro atoms. The molecular formula is C25H25N3OS. The molecular weight excluding hydrogens is 390 g/mol. The van der Waals surface area contributed by atoms with E-state index in [1.165, 1.54) is 41.1 Å². The maximum atomic E-state index is 12.3. The van der Waals surface area contributed by atoms with E-state index in [9.17, 15) is 4.79 Å². The number of unbranched alkanes of at least 4 members (excludes halogenated alkanes) is 1. The van der Waals surface area contributed by atoms with Gasteiger partial charge in [0.1, 0.15) is 0 Å². The first-order chi connectivity index (χ1) is 14.7. The van der Waals surface area contributed by atoms with Crippen molar-refractivity contribution in [2.75, 3.05) is 0 Å². The second-order valence-electron chi connectivity index (χ2n) is 7.44. The van der Waals surface area contributed by atoms with Crippen molar-refractivity contribution in [2.45, 2.75) is 37.9 Å². The number of rotatable bonds is 7. The minimum absolute atomic E-state index is 0.00540. The van der Waals surface area contributed by atoms with E-state index in [4.69, 9.17) is 0 Å². The van der Waals surface area contributed by atoms with Gasteiger partial charge in [0.15, 0.2) is 5.17 Å². The Morgan fingerprint density at radius 2 is 1.77 bits per heavy atom. The van der Waals surface area contributed by atoms with Gasteiger partial charge in [-0.25, -0.2) is 0 Å². The molecule has 0 saturated carbocycles. The molecule has 4 rings (SSSR count). The van der Waals surface area contributed by atoms with E-state index in [1.807, 2.05) is 24.3 Å². The van der Waals surface area contributed by atoms with Crippen molar-refractivity contribution < 1.29 is 4.79 Å². The van der Waals surface area contributed by atoms with Crippen LogP contribution in [0.3, 0.4) is 0 Å². The number of hydrogen-bond acceptors (Lipinski definition) is 4. The number of amides is 1. The van der Waals surface area contributed by atoms with Crippen LogP contribution >= 0.6 is 11.8 Å². The van der Waals surface area contributed by atoms with Gasteiger partial charge in [-0.05, 0) is 41.2 Å². The fraction of sp³-hybridized carbons (Fsp3) is 0.240. The molecule has 1 aliphatic rings. The number of fused-ring (bicyclic) bond motifs is 1. The van der Waals surface area contributed by atoms with Gasteiger partial charge in [0.25, 0.3) is 0 Å². The molecule has 1 atom stereocenters. The number of carbonyl (C=O) groups excluding carboxylic acids is 1. The molecule has 1 saturated heterocycles. The third-order valence-corrected chi connectivity index (χ3v) is 6.28. The molecule has 30 heavy (non-hydrogen) atoms. The van der Waals surface area contributed by atoms with Gasteiger partial charge in [0.2, 0.25) is 5.91 Å². The number of nitrogens with zero attached hydrogens (tertiary/aromatic N) is 2. The Morgan fingerprint density at radius 1 is 1.00 bits per heavy atom. The molecule has 1 heterocycles. The molecule has 0 aromatic heterocycles. The fourth-order valence-corrected chi connectivity index (χ4v) is 4.50. The molecule has 1 N–H and O–H groups in total. The maximum absolute atomic E-state index is 12.3. The number of thioether (sulfide) groups is 1. The topological polar surface area (TPSA) is 53.8 Å². The number of nitrogens with one attached hydrogen (secondary N) is 1. The quantitative estimate of drug-likeness (QED) is 0.418. The second-order valence-corrected chi connectivity index (χ2v) is 8.63. The van der Waals surface area contributed by atoms with Crippen LogP contribution < -0.4 is 5.32 Å². The lowest BCUT2D eigenvalue weighted by atomic mass is 10.0. The van der Waals surface area contributed by atoms with Crippen LogP contribution in [0.25, 0.3) is 10.8 Å². The van der Waals surface area contributed by atoms with Crippen molar-refractivity contribution in [1.82, 2.24) is 5.32 Å². The molecule has 1 amide bonds. The summed E-state index contributed by atoms with van der Waals surface area (Å²) in [6.07, 6.45) is 5.95. The van der Waals surface area contributed by atoms with Crippen LogP contribution in [0, 0.1) is 0 Å². The zero-order chi connectivity index (χ0) is 20.8. The highest BCUT2D eigenvalue weighted by atomic mass is 32.2. The van der Waals surface area contributed by atoms with E-state index in [-0.39, 0.29) is 11.2 Å². The minimum atomic E-state index is -0.169. The first kappa shape index (κ1) is 20.4. The summed E-state index contributed by atoms with van der Waals surface area (Å²) in [4.78, 5) is 12.3. The highest BCUT2D eigenvalue weighted by molar-refractivity contribution is 8.15. The van der Waals surface area contributed by atoms with Gasteiger partial charge in [-0.1, -0.05) is 91.8 Å². The van der Waals surface area contributed by atoms with Crippen LogP contribution in [0.5, 0.6) is 0 Å². The van der Waals surface area contributed by atoms with Crippen molar-refractivity contribution in [3.8, 4) is 0 Å². The van der Waals surface area contributed by atoms with Gasteiger partial charge < -0.3 is 5.32 Å². The Morgan fingerprint density at radius 3 is 2.60 bits per heavy atom. The standard InChI is InChI=1S/C25H25N3OS/c1-2-3-7-18-12-14-19(15-13-18)16-23-24(29)27-25(30-23)28-26-17-21-10-6-9-20-8-4-5-11-22(20)21/h4-6,8-15,17,23H,2-3,7,16H2,1H3,(H,27,28,29)/b26-17+. The van der Waals surface area contributed by atoms with E-state index in [1.54, 1.807) is 6.21 Å². The molecule has 152 valence electrons. The van der Waals surface area contributed by atoms with Crippen LogP contribution in [0.15, 0.2) is 76.9 Å². The third-order valence-electron chi connectivity index (χ3n) is 5.21. The molecule has 4 nitrogen and oxygen atoms in total. The highest BCUT2D eigenvalue weighted by Gasteiger charge is 2.30. The average molecular weight is 416 g/mol. The Bertz CT molecular complexity index is 1080. The van der Waals surface area contributed by atoms with E-state index < -0.39 is 0 Å². The largest absolute Gasteiger partial charge is 0.303 e. The van der Waals surface area contributed by atoms with Gasteiger partial charge in [-0.15, -0.1) is 5.10 Å². The molecule has 1 fully saturated rings. The summed E-state index contributed by atoms with van der Waals surface area (Å²) in [5, 5.41) is 14.0. The second kappa shape index (κ2) is 9.72. The lowest BCUT2D eigenvalue weighted by Gasteiger charge is -2.06. The first-order valence-electron chi connectivity index (χ1n) is 10.4. The van der Waals surface area contributed by atoms with E-state index in [2.05, 4.69) is 64.9 Å². The van der Waals surface area contributed by atoms with Crippen LogP contribution in [-0.4, -0.2) is 22.5 Å². The van der Waals surface area contributed by atoms with E-state index in [0.29, 0.717) is 11.6 Å². The van der Waals surface area contributed by atoms with E-state index >= 15 is 0 Å². The SMILES string of the molecule is CCCCc1ccc(CC2S/C(=N/N=C/c3cccc4ccccc34)NC2=O)cc1. The third kappa shape index (κ3) is 4.97.